The van der Waals surface area contributed by atoms with Crippen LogP contribution in [-0.4, -0.2) is 18.3 Å². The van der Waals surface area contributed by atoms with Crippen molar-refractivity contribution in [2.45, 2.75) is 53.1 Å². The smallest absolute Gasteiger partial charge is 0.412 e. The Bertz CT molecular complexity index is 717. The number of rotatable bonds is 5. The fourth-order valence-electron chi connectivity index (χ4n) is 2.48. The summed E-state index contributed by atoms with van der Waals surface area (Å²) in [6.45, 7) is 10.3. The number of fused-ring (bicyclic) bond motifs is 1. The van der Waals surface area contributed by atoms with E-state index in [0.29, 0.717) is 6.61 Å². The summed E-state index contributed by atoms with van der Waals surface area (Å²) < 4.78 is 11.3. The summed E-state index contributed by atoms with van der Waals surface area (Å²) in [5, 5.41) is 4.97. The number of benzene rings is 2. The van der Waals surface area contributed by atoms with Gasteiger partial charge < -0.3 is 9.47 Å². The van der Waals surface area contributed by atoms with E-state index >= 15 is 0 Å². The molecule has 4 heteroatoms. The SMILES string of the molecule is CCCCOc1cc(NC(=O)OC(C)(C)C)c(C)c2ccccc12. The van der Waals surface area contributed by atoms with E-state index in [2.05, 4.69) is 12.2 Å². The highest BCUT2D eigenvalue weighted by atomic mass is 16.6. The molecule has 0 spiro atoms. The van der Waals surface area contributed by atoms with Crippen LogP contribution in [0.15, 0.2) is 30.3 Å². The van der Waals surface area contributed by atoms with Crippen molar-refractivity contribution in [3.8, 4) is 5.75 Å². The zero-order valence-corrected chi connectivity index (χ0v) is 15.2. The van der Waals surface area contributed by atoms with Crippen LogP contribution in [0.3, 0.4) is 0 Å². The van der Waals surface area contributed by atoms with Crippen LogP contribution in [0.5, 0.6) is 5.75 Å². The molecule has 0 aliphatic heterocycles. The number of unbranched alkanes of at least 4 members (excludes halogenated alkanes) is 1. The Balaban J connectivity index is 2.35. The van der Waals surface area contributed by atoms with Crippen LogP contribution in [0, 0.1) is 6.92 Å². The minimum absolute atomic E-state index is 0.458. The van der Waals surface area contributed by atoms with E-state index in [9.17, 15) is 4.79 Å². The molecule has 0 saturated heterocycles. The molecule has 4 nitrogen and oxygen atoms in total. The van der Waals surface area contributed by atoms with Crippen molar-refractivity contribution in [2.24, 2.45) is 0 Å². The van der Waals surface area contributed by atoms with Crippen molar-refractivity contribution < 1.29 is 14.3 Å². The number of amides is 1. The van der Waals surface area contributed by atoms with E-state index < -0.39 is 11.7 Å². The summed E-state index contributed by atoms with van der Waals surface area (Å²) in [6, 6.07) is 9.95. The molecule has 0 saturated carbocycles. The molecule has 1 amide bonds. The molecule has 0 atom stereocenters. The molecule has 0 heterocycles. The Hall–Kier alpha value is -2.23. The van der Waals surface area contributed by atoms with Crippen LogP contribution >= 0.6 is 0 Å². The van der Waals surface area contributed by atoms with Crippen molar-refractivity contribution in [1.29, 1.82) is 0 Å². The minimum Gasteiger partial charge on any atom is -0.493 e. The Morgan fingerprint density at radius 3 is 2.46 bits per heavy atom. The molecule has 0 unspecified atom stereocenters. The first-order valence-corrected chi connectivity index (χ1v) is 8.47. The van der Waals surface area contributed by atoms with Gasteiger partial charge in [0, 0.05) is 11.5 Å². The molecule has 130 valence electrons. The topological polar surface area (TPSA) is 47.6 Å². The number of carbonyl (C=O) groups excluding carboxylic acids is 1. The van der Waals surface area contributed by atoms with E-state index in [4.69, 9.17) is 9.47 Å². The van der Waals surface area contributed by atoms with Gasteiger partial charge >= 0.3 is 6.09 Å². The maximum Gasteiger partial charge on any atom is 0.412 e. The Kier molecular flexibility index (Phi) is 5.71. The van der Waals surface area contributed by atoms with Crippen LogP contribution in [-0.2, 0) is 4.74 Å². The van der Waals surface area contributed by atoms with Crippen molar-refractivity contribution >= 4 is 22.6 Å². The molecule has 2 rings (SSSR count). The quantitative estimate of drug-likeness (QED) is 0.718. The molecule has 2 aromatic carbocycles. The molecule has 0 aliphatic rings. The van der Waals surface area contributed by atoms with Crippen LogP contribution < -0.4 is 10.1 Å². The molecule has 0 bridgehead atoms. The first kappa shape index (κ1) is 18.1. The largest absolute Gasteiger partial charge is 0.493 e. The second-order valence-corrected chi connectivity index (χ2v) is 6.92. The summed E-state index contributed by atoms with van der Waals surface area (Å²) in [4.78, 5) is 12.1. The molecule has 2 aromatic rings. The van der Waals surface area contributed by atoms with Gasteiger partial charge in [0.15, 0.2) is 0 Å². The van der Waals surface area contributed by atoms with E-state index in [1.165, 1.54) is 0 Å². The second kappa shape index (κ2) is 7.56. The number of carbonyl (C=O) groups is 1. The highest BCUT2D eigenvalue weighted by molar-refractivity contribution is 5.98. The fourth-order valence-corrected chi connectivity index (χ4v) is 2.48. The predicted molar refractivity (Wildman–Crippen MR) is 98.9 cm³/mol. The first-order chi connectivity index (χ1) is 11.3. The molecular formula is C20H27NO3. The number of anilines is 1. The highest BCUT2D eigenvalue weighted by Gasteiger charge is 2.18. The summed E-state index contributed by atoms with van der Waals surface area (Å²) in [6.07, 6.45) is 1.62. The van der Waals surface area contributed by atoms with Gasteiger partial charge in [0.1, 0.15) is 11.4 Å². The number of nitrogens with one attached hydrogen (secondary N) is 1. The Labute approximate surface area is 144 Å². The number of ether oxygens (including phenoxy) is 2. The molecule has 24 heavy (non-hydrogen) atoms. The molecule has 0 fully saturated rings. The third-order valence-corrected chi connectivity index (χ3v) is 3.67. The van der Waals surface area contributed by atoms with Crippen LogP contribution in [0.2, 0.25) is 0 Å². The van der Waals surface area contributed by atoms with Gasteiger partial charge in [-0.2, -0.15) is 0 Å². The minimum atomic E-state index is -0.532. The lowest BCUT2D eigenvalue weighted by molar-refractivity contribution is 0.0636. The van der Waals surface area contributed by atoms with Crippen molar-refractivity contribution in [3.63, 3.8) is 0 Å². The summed E-state index contributed by atoms with van der Waals surface area (Å²) in [7, 11) is 0. The van der Waals surface area contributed by atoms with Crippen molar-refractivity contribution in [3.05, 3.63) is 35.9 Å². The maximum absolute atomic E-state index is 12.1. The van der Waals surface area contributed by atoms with Gasteiger partial charge in [-0.25, -0.2) is 4.79 Å². The second-order valence-electron chi connectivity index (χ2n) is 6.92. The Morgan fingerprint density at radius 2 is 1.83 bits per heavy atom. The van der Waals surface area contributed by atoms with Crippen LogP contribution in [0.25, 0.3) is 10.8 Å². The molecular weight excluding hydrogens is 302 g/mol. The zero-order valence-electron chi connectivity index (χ0n) is 15.2. The molecule has 0 aliphatic carbocycles. The number of aryl methyl sites for hydroxylation is 1. The Morgan fingerprint density at radius 1 is 1.17 bits per heavy atom. The summed E-state index contributed by atoms with van der Waals surface area (Å²) >= 11 is 0. The highest BCUT2D eigenvalue weighted by Crippen LogP contribution is 2.34. The lowest BCUT2D eigenvalue weighted by Gasteiger charge is -2.21. The van der Waals surface area contributed by atoms with Gasteiger partial charge in [-0.05, 0) is 45.1 Å². The van der Waals surface area contributed by atoms with Gasteiger partial charge in [-0.15, -0.1) is 0 Å². The summed E-state index contributed by atoms with van der Waals surface area (Å²) in [5.74, 6) is 0.788. The van der Waals surface area contributed by atoms with E-state index in [1.54, 1.807) is 0 Å². The van der Waals surface area contributed by atoms with Gasteiger partial charge in [-0.3, -0.25) is 5.32 Å². The molecule has 1 N–H and O–H groups in total. The normalized spacial score (nSPS) is 11.4. The van der Waals surface area contributed by atoms with Crippen molar-refractivity contribution in [2.75, 3.05) is 11.9 Å². The first-order valence-electron chi connectivity index (χ1n) is 8.47. The third kappa shape index (κ3) is 4.63. The van der Waals surface area contributed by atoms with Gasteiger partial charge in [0.2, 0.25) is 0 Å². The average Bonchev–Trinajstić information content (AvgIpc) is 2.50. The molecule has 0 aromatic heterocycles. The monoisotopic (exact) mass is 329 g/mol. The van der Waals surface area contributed by atoms with Crippen LogP contribution in [0.4, 0.5) is 10.5 Å². The zero-order chi connectivity index (χ0) is 17.7. The van der Waals surface area contributed by atoms with E-state index in [1.807, 2.05) is 58.0 Å². The maximum atomic E-state index is 12.1. The van der Waals surface area contributed by atoms with E-state index in [0.717, 1.165) is 40.6 Å². The van der Waals surface area contributed by atoms with Gasteiger partial charge in [-0.1, -0.05) is 37.6 Å². The van der Waals surface area contributed by atoms with Crippen LogP contribution in [0.1, 0.15) is 46.1 Å². The van der Waals surface area contributed by atoms with Gasteiger partial charge in [0.25, 0.3) is 0 Å². The number of hydrogen-bond acceptors (Lipinski definition) is 3. The van der Waals surface area contributed by atoms with Crippen molar-refractivity contribution in [1.82, 2.24) is 0 Å². The number of hydrogen-bond donors (Lipinski definition) is 1. The van der Waals surface area contributed by atoms with E-state index in [-0.39, 0.29) is 0 Å². The summed E-state index contributed by atoms with van der Waals surface area (Å²) in [5.41, 5.74) is 1.18. The lowest BCUT2D eigenvalue weighted by Crippen LogP contribution is -2.27. The lowest BCUT2D eigenvalue weighted by atomic mass is 10.0. The molecule has 0 radical (unpaired) electrons. The fraction of sp³-hybridized carbons (Fsp3) is 0.450. The standard InChI is InChI=1S/C20H27NO3/c1-6-7-12-23-18-13-17(21-19(22)24-20(3,4)5)14(2)15-10-8-9-11-16(15)18/h8-11,13H,6-7,12H2,1-5H3,(H,21,22). The predicted octanol–water partition coefficient (Wildman–Crippen LogP) is 5.67. The third-order valence-electron chi connectivity index (χ3n) is 3.67. The average molecular weight is 329 g/mol. The van der Waals surface area contributed by atoms with Gasteiger partial charge in [0.05, 0.1) is 12.3 Å².